The minimum Gasteiger partial charge on any atom is -1.00 e. The summed E-state index contributed by atoms with van der Waals surface area (Å²) in [4.78, 5) is 0. The van der Waals surface area contributed by atoms with E-state index in [0.29, 0.717) is 23.9 Å². The van der Waals surface area contributed by atoms with Crippen molar-refractivity contribution in [1.82, 2.24) is 0 Å². The Kier molecular flexibility index (Phi) is 5.40. The summed E-state index contributed by atoms with van der Waals surface area (Å²) in [5.41, 5.74) is 14.2. The zero-order valence-corrected chi connectivity index (χ0v) is 12.8. The van der Waals surface area contributed by atoms with Gasteiger partial charge < -0.3 is 23.9 Å². The van der Waals surface area contributed by atoms with Crippen LogP contribution < -0.4 is 23.9 Å². The van der Waals surface area contributed by atoms with E-state index in [4.69, 9.17) is 11.5 Å². The summed E-state index contributed by atoms with van der Waals surface area (Å²) in [5.74, 6) is 1.31. The molecule has 2 saturated carbocycles. The lowest BCUT2D eigenvalue weighted by atomic mass is 10.1. The van der Waals surface area contributed by atoms with E-state index in [1.165, 1.54) is 24.0 Å². The third-order valence-electron chi connectivity index (χ3n) is 4.14. The lowest BCUT2D eigenvalue weighted by Gasteiger charge is -1.94. The molecule has 21 heavy (non-hydrogen) atoms. The van der Waals surface area contributed by atoms with Gasteiger partial charge in [-0.05, 0) is 24.0 Å². The summed E-state index contributed by atoms with van der Waals surface area (Å²) in [6.07, 6.45) is 2.34. The Hall–Kier alpha value is -1.35. The molecule has 2 aromatic rings. The molecule has 2 nitrogen and oxygen atoms in total. The van der Waals surface area contributed by atoms with Crippen molar-refractivity contribution in [2.75, 3.05) is 0 Å². The van der Waals surface area contributed by atoms with Crippen LogP contribution in [0.15, 0.2) is 60.7 Å². The maximum Gasteiger partial charge on any atom is 1.00 e. The highest BCUT2D eigenvalue weighted by atomic mass is 35.5. The lowest BCUT2D eigenvalue weighted by molar-refractivity contribution is -0.00000425. The predicted molar refractivity (Wildman–Crippen MR) is 84.7 cm³/mol. The van der Waals surface area contributed by atoms with Gasteiger partial charge in [-0.25, -0.2) is 0 Å². The molecule has 4 rings (SSSR count). The minimum atomic E-state index is 0. The summed E-state index contributed by atoms with van der Waals surface area (Å²) in [6, 6.07) is 21.8. The maximum atomic E-state index is 5.70. The fourth-order valence-corrected chi connectivity index (χ4v) is 2.60. The average Bonchev–Trinajstić information content (AvgIpc) is 3.40. The number of nitrogens with two attached hydrogens (primary N) is 2. The molecule has 112 valence electrons. The van der Waals surface area contributed by atoms with Gasteiger partial charge in [0.15, 0.2) is 0 Å². The SMILES string of the molecule is N[C@@H]1C[C@H]1c1ccccc1.N[C@H]1C[C@@H]1c1ccccc1.[Cl-].[H+]. The molecular formula is C18H23ClN2. The van der Waals surface area contributed by atoms with Crippen LogP contribution in [0.4, 0.5) is 0 Å². The smallest absolute Gasteiger partial charge is 1.00 e. The molecule has 2 aliphatic carbocycles. The van der Waals surface area contributed by atoms with Crippen LogP contribution in [0.5, 0.6) is 0 Å². The van der Waals surface area contributed by atoms with E-state index in [-0.39, 0.29) is 13.8 Å². The van der Waals surface area contributed by atoms with Crippen LogP contribution in [0.3, 0.4) is 0 Å². The van der Waals surface area contributed by atoms with Crippen LogP contribution >= 0.6 is 0 Å². The van der Waals surface area contributed by atoms with Crippen LogP contribution in [0.1, 0.15) is 37.2 Å². The van der Waals surface area contributed by atoms with Gasteiger partial charge in [0.1, 0.15) is 0 Å². The zero-order chi connectivity index (χ0) is 13.9. The largest absolute Gasteiger partial charge is 1.00 e. The third-order valence-corrected chi connectivity index (χ3v) is 4.14. The van der Waals surface area contributed by atoms with Crippen LogP contribution in [-0.2, 0) is 0 Å². The molecule has 0 aliphatic heterocycles. The number of halogens is 1. The van der Waals surface area contributed by atoms with Crippen molar-refractivity contribution in [3.05, 3.63) is 71.8 Å². The normalized spacial score (nSPS) is 28.7. The lowest BCUT2D eigenvalue weighted by Crippen LogP contribution is -3.00. The van der Waals surface area contributed by atoms with Gasteiger partial charge in [0.25, 0.3) is 0 Å². The van der Waals surface area contributed by atoms with Gasteiger partial charge in [0.2, 0.25) is 0 Å². The van der Waals surface area contributed by atoms with Crippen LogP contribution in [-0.4, -0.2) is 12.1 Å². The van der Waals surface area contributed by atoms with E-state index < -0.39 is 0 Å². The van der Waals surface area contributed by atoms with Crippen molar-refractivity contribution in [3.63, 3.8) is 0 Å². The Morgan fingerprint density at radius 1 is 0.667 bits per heavy atom. The Morgan fingerprint density at radius 2 is 0.952 bits per heavy atom. The van der Waals surface area contributed by atoms with Gasteiger partial charge >= 0.3 is 1.43 Å². The standard InChI is InChI=1S/2C9H11N.ClH/c2*10-9-6-8(9)7-4-2-1-3-5-7;/h2*1-5,8-9H,6,10H2;1H/t2*8-,9+;/m10./s1. The highest BCUT2D eigenvalue weighted by molar-refractivity contribution is 5.27. The first-order chi connectivity index (χ1) is 9.75. The van der Waals surface area contributed by atoms with Crippen LogP contribution in [0, 0.1) is 0 Å². The molecular weight excluding hydrogens is 280 g/mol. The second kappa shape index (κ2) is 7.08. The molecule has 0 amide bonds. The van der Waals surface area contributed by atoms with Gasteiger partial charge in [-0.15, -0.1) is 0 Å². The van der Waals surface area contributed by atoms with E-state index in [1.54, 1.807) is 0 Å². The summed E-state index contributed by atoms with van der Waals surface area (Å²) < 4.78 is 0. The second-order valence-corrected chi connectivity index (χ2v) is 5.83. The van der Waals surface area contributed by atoms with E-state index >= 15 is 0 Å². The second-order valence-electron chi connectivity index (χ2n) is 5.83. The highest BCUT2D eigenvalue weighted by Gasteiger charge is 2.34. The average molecular weight is 303 g/mol. The first kappa shape index (κ1) is 16.0. The van der Waals surface area contributed by atoms with Crippen molar-refractivity contribution in [1.29, 1.82) is 0 Å². The van der Waals surface area contributed by atoms with Gasteiger partial charge in [-0.1, -0.05) is 60.7 Å². The number of benzene rings is 2. The predicted octanol–water partition coefficient (Wildman–Crippen LogP) is 0.119. The van der Waals surface area contributed by atoms with Crippen molar-refractivity contribution in [2.24, 2.45) is 11.5 Å². The molecule has 3 heteroatoms. The first-order valence-corrected chi connectivity index (χ1v) is 7.37. The molecule has 0 heterocycles. The molecule has 2 fully saturated rings. The Labute approximate surface area is 134 Å². The van der Waals surface area contributed by atoms with E-state index in [0.717, 1.165) is 0 Å². The summed E-state index contributed by atoms with van der Waals surface area (Å²) in [6.45, 7) is 0. The van der Waals surface area contributed by atoms with E-state index in [2.05, 4.69) is 48.5 Å². The fraction of sp³-hybridized carbons (Fsp3) is 0.333. The molecule has 0 saturated heterocycles. The monoisotopic (exact) mass is 302 g/mol. The highest BCUT2D eigenvalue weighted by Crippen LogP contribution is 2.39. The van der Waals surface area contributed by atoms with Crippen LogP contribution in [0.25, 0.3) is 0 Å². The van der Waals surface area contributed by atoms with Gasteiger partial charge in [0, 0.05) is 23.9 Å². The van der Waals surface area contributed by atoms with Gasteiger partial charge in [-0.2, -0.15) is 0 Å². The molecule has 4 N–H and O–H groups in total. The van der Waals surface area contributed by atoms with Crippen molar-refractivity contribution in [3.8, 4) is 0 Å². The number of hydrogen-bond donors (Lipinski definition) is 2. The number of hydrogen-bond acceptors (Lipinski definition) is 2. The maximum absolute atomic E-state index is 5.70. The van der Waals surface area contributed by atoms with Crippen LogP contribution in [0.2, 0.25) is 0 Å². The van der Waals surface area contributed by atoms with Crippen molar-refractivity contribution in [2.45, 2.75) is 36.8 Å². The number of rotatable bonds is 2. The molecule has 0 radical (unpaired) electrons. The molecule has 2 aliphatic rings. The Morgan fingerprint density at radius 3 is 1.19 bits per heavy atom. The Balaban J connectivity index is 0.000000202. The molecule has 0 bridgehead atoms. The van der Waals surface area contributed by atoms with E-state index in [9.17, 15) is 0 Å². The molecule has 0 spiro atoms. The quantitative estimate of drug-likeness (QED) is 0.828. The van der Waals surface area contributed by atoms with Crippen molar-refractivity contribution >= 4 is 0 Å². The third kappa shape index (κ3) is 4.31. The molecule has 0 unspecified atom stereocenters. The summed E-state index contributed by atoms with van der Waals surface area (Å²) >= 11 is 0. The summed E-state index contributed by atoms with van der Waals surface area (Å²) in [5, 5.41) is 0. The molecule has 4 atom stereocenters. The zero-order valence-electron chi connectivity index (χ0n) is 13.0. The first-order valence-electron chi connectivity index (χ1n) is 7.37. The van der Waals surface area contributed by atoms with Gasteiger partial charge in [0.05, 0.1) is 0 Å². The fourth-order valence-electron chi connectivity index (χ4n) is 2.60. The van der Waals surface area contributed by atoms with Gasteiger partial charge in [-0.3, -0.25) is 0 Å². The molecule has 2 aromatic carbocycles. The summed E-state index contributed by atoms with van der Waals surface area (Å²) in [7, 11) is 0. The minimum absolute atomic E-state index is 0. The Bertz CT molecular complexity index is 498. The molecule has 0 aromatic heterocycles. The van der Waals surface area contributed by atoms with Crippen molar-refractivity contribution < 1.29 is 13.8 Å². The van der Waals surface area contributed by atoms with E-state index in [1.807, 2.05) is 12.1 Å². The topological polar surface area (TPSA) is 52.0 Å².